The summed E-state index contributed by atoms with van der Waals surface area (Å²) in [6.07, 6.45) is 0. The van der Waals surface area contributed by atoms with E-state index in [0.29, 0.717) is 0 Å². The third-order valence-electron chi connectivity index (χ3n) is 3.55. The van der Waals surface area contributed by atoms with Gasteiger partial charge < -0.3 is 9.47 Å². The average Bonchev–Trinajstić information content (AvgIpc) is 2.50. The van der Waals surface area contributed by atoms with E-state index < -0.39 is 34.9 Å². The summed E-state index contributed by atoms with van der Waals surface area (Å²) < 4.78 is 23.9. The van der Waals surface area contributed by atoms with Crippen molar-refractivity contribution in [3.05, 3.63) is 34.6 Å². The number of rotatable bonds is 7. The minimum absolute atomic E-state index is 0.00598. The van der Waals surface area contributed by atoms with Crippen molar-refractivity contribution in [2.75, 3.05) is 13.2 Å². The minimum atomic E-state index is -1.78. The minimum Gasteiger partial charge on any atom is -0.465 e. The second kappa shape index (κ2) is 8.24. The molecule has 0 bridgehead atoms. The van der Waals surface area contributed by atoms with Crippen molar-refractivity contribution in [2.45, 2.75) is 33.1 Å². The van der Waals surface area contributed by atoms with Crippen LogP contribution >= 0.6 is 11.6 Å². The average molecular weight is 359 g/mol. The van der Waals surface area contributed by atoms with Crippen LogP contribution in [0.4, 0.5) is 4.39 Å². The standard InChI is InChI=1S/C17H20ClFO5/c1-5-23-15(21)12(16(22)24-6-2)14(20)17(3,4)10-8-7-9-11(18)13(10)19/h7-9,12H,5-6H2,1-4H3. The number of Topliss-reactive ketones (excluding diaryl/α,β-unsaturated/α-hetero) is 1. The van der Waals surface area contributed by atoms with E-state index in [2.05, 4.69) is 0 Å². The summed E-state index contributed by atoms with van der Waals surface area (Å²) >= 11 is 5.76. The summed E-state index contributed by atoms with van der Waals surface area (Å²) in [4.78, 5) is 37.0. The van der Waals surface area contributed by atoms with E-state index in [-0.39, 0.29) is 23.8 Å². The molecule has 0 spiro atoms. The Bertz CT molecular complexity index is 624. The van der Waals surface area contributed by atoms with Gasteiger partial charge in [-0.3, -0.25) is 14.4 Å². The van der Waals surface area contributed by atoms with Gasteiger partial charge >= 0.3 is 11.9 Å². The molecule has 0 amide bonds. The van der Waals surface area contributed by atoms with Crippen molar-refractivity contribution < 1.29 is 28.2 Å². The number of esters is 2. The molecule has 0 heterocycles. The molecule has 7 heteroatoms. The van der Waals surface area contributed by atoms with E-state index in [1.54, 1.807) is 13.8 Å². The zero-order valence-electron chi connectivity index (χ0n) is 14.0. The van der Waals surface area contributed by atoms with Gasteiger partial charge in [0.25, 0.3) is 0 Å². The maximum Gasteiger partial charge on any atom is 0.328 e. The fraction of sp³-hybridized carbons (Fsp3) is 0.471. The molecule has 0 saturated heterocycles. The van der Waals surface area contributed by atoms with Gasteiger partial charge in [-0.1, -0.05) is 23.7 Å². The van der Waals surface area contributed by atoms with Gasteiger partial charge in [0.1, 0.15) is 5.82 Å². The van der Waals surface area contributed by atoms with Gasteiger partial charge in [-0.2, -0.15) is 0 Å². The number of hydrogen-bond donors (Lipinski definition) is 0. The first-order valence-electron chi connectivity index (χ1n) is 7.50. The van der Waals surface area contributed by atoms with Crippen LogP contribution in [0, 0.1) is 11.7 Å². The lowest BCUT2D eigenvalue weighted by molar-refractivity contribution is -0.165. The van der Waals surface area contributed by atoms with Crippen LogP contribution < -0.4 is 0 Å². The van der Waals surface area contributed by atoms with Gasteiger partial charge in [-0.15, -0.1) is 0 Å². The smallest absolute Gasteiger partial charge is 0.328 e. The monoisotopic (exact) mass is 358 g/mol. The highest BCUT2D eigenvalue weighted by atomic mass is 35.5. The quantitative estimate of drug-likeness (QED) is 0.553. The van der Waals surface area contributed by atoms with E-state index in [0.717, 1.165) is 0 Å². The number of carbonyl (C=O) groups excluding carboxylic acids is 3. The highest BCUT2D eigenvalue weighted by Crippen LogP contribution is 2.33. The van der Waals surface area contributed by atoms with Crippen LogP contribution in [0.3, 0.4) is 0 Å². The fourth-order valence-corrected chi connectivity index (χ4v) is 2.42. The summed E-state index contributed by atoms with van der Waals surface area (Å²) in [7, 11) is 0. The molecular weight excluding hydrogens is 339 g/mol. The van der Waals surface area contributed by atoms with Crippen molar-refractivity contribution in [1.29, 1.82) is 0 Å². The van der Waals surface area contributed by atoms with Crippen LogP contribution in [0.5, 0.6) is 0 Å². The molecule has 5 nitrogen and oxygen atoms in total. The topological polar surface area (TPSA) is 69.7 Å². The summed E-state index contributed by atoms with van der Waals surface area (Å²) in [5.74, 6) is -5.41. The summed E-state index contributed by atoms with van der Waals surface area (Å²) in [5.41, 5.74) is -1.50. The van der Waals surface area contributed by atoms with Crippen LogP contribution in [-0.4, -0.2) is 30.9 Å². The number of benzene rings is 1. The Kier molecular flexibility index (Phi) is 6.90. The zero-order chi connectivity index (χ0) is 18.5. The lowest BCUT2D eigenvalue weighted by Crippen LogP contribution is -2.44. The number of carbonyl (C=O) groups is 3. The van der Waals surface area contributed by atoms with Crippen molar-refractivity contribution >= 4 is 29.3 Å². The van der Waals surface area contributed by atoms with Gasteiger partial charge in [0, 0.05) is 5.56 Å². The van der Waals surface area contributed by atoms with Crippen LogP contribution in [0.25, 0.3) is 0 Å². The van der Waals surface area contributed by atoms with Crippen molar-refractivity contribution in [3.8, 4) is 0 Å². The predicted octanol–water partition coefficient (Wildman–Crippen LogP) is 3.07. The Morgan fingerprint density at radius 1 is 1.12 bits per heavy atom. The molecule has 0 N–H and O–H groups in total. The Balaban J connectivity index is 3.31. The molecule has 0 aliphatic carbocycles. The Morgan fingerprint density at radius 2 is 1.62 bits per heavy atom. The van der Waals surface area contributed by atoms with Gasteiger partial charge in [-0.05, 0) is 33.8 Å². The molecule has 0 aliphatic rings. The predicted molar refractivity (Wildman–Crippen MR) is 86.2 cm³/mol. The molecular formula is C17H20ClFO5. The summed E-state index contributed by atoms with van der Waals surface area (Å²) in [6.45, 7) is 5.91. The first-order chi connectivity index (χ1) is 11.2. The summed E-state index contributed by atoms with van der Waals surface area (Å²) in [6, 6.07) is 4.21. The second-order valence-electron chi connectivity index (χ2n) is 5.53. The lowest BCUT2D eigenvalue weighted by Gasteiger charge is -2.27. The first-order valence-corrected chi connectivity index (χ1v) is 7.88. The second-order valence-corrected chi connectivity index (χ2v) is 5.93. The van der Waals surface area contributed by atoms with Crippen LogP contribution in [0.1, 0.15) is 33.3 Å². The maximum absolute atomic E-state index is 14.3. The number of ether oxygens (including phenoxy) is 2. The molecule has 1 aromatic rings. The van der Waals surface area contributed by atoms with Crippen LogP contribution in [0.15, 0.2) is 18.2 Å². The molecule has 0 radical (unpaired) electrons. The van der Waals surface area contributed by atoms with Crippen LogP contribution in [-0.2, 0) is 29.3 Å². The van der Waals surface area contributed by atoms with E-state index in [4.69, 9.17) is 21.1 Å². The summed E-state index contributed by atoms with van der Waals surface area (Å²) in [5, 5.41) is -0.155. The molecule has 1 aromatic carbocycles. The number of ketones is 1. The van der Waals surface area contributed by atoms with Gasteiger partial charge in [0.2, 0.25) is 5.92 Å². The van der Waals surface area contributed by atoms with Crippen molar-refractivity contribution in [3.63, 3.8) is 0 Å². The SMILES string of the molecule is CCOC(=O)C(C(=O)OCC)C(=O)C(C)(C)c1cccc(Cl)c1F. The molecule has 132 valence electrons. The fourth-order valence-electron chi connectivity index (χ4n) is 2.24. The molecule has 0 saturated carbocycles. The Morgan fingerprint density at radius 3 is 2.08 bits per heavy atom. The third-order valence-corrected chi connectivity index (χ3v) is 3.84. The number of hydrogen-bond acceptors (Lipinski definition) is 5. The normalized spacial score (nSPS) is 11.3. The van der Waals surface area contributed by atoms with Crippen LogP contribution in [0.2, 0.25) is 5.02 Å². The molecule has 0 unspecified atom stereocenters. The highest BCUT2D eigenvalue weighted by molar-refractivity contribution is 6.30. The lowest BCUT2D eigenvalue weighted by atomic mass is 9.75. The van der Waals surface area contributed by atoms with E-state index >= 15 is 0 Å². The zero-order valence-corrected chi connectivity index (χ0v) is 14.8. The van der Waals surface area contributed by atoms with Gasteiger partial charge in [0.05, 0.1) is 23.7 Å². The van der Waals surface area contributed by atoms with Crippen molar-refractivity contribution in [1.82, 2.24) is 0 Å². The third kappa shape index (κ3) is 4.12. The first kappa shape index (κ1) is 20.1. The molecule has 0 fully saturated rings. The molecule has 24 heavy (non-hydrogen) atoms. The van der Waals surface area contributed by atoms with Gasteiger partial charge in [0.15, 0.2) is 5.78 Å². The maximum atomic E-state index is 14.3. The van der Waals surface area contributed by atoms with Crippen molar-refractivity contribution in [2.24, 2.45) is 5.92 Å². The van der Waals surface area contributed by atoms with E-state index in [1.165, 1.54) is 32.0 Å². The molecule has 1 rings (SSSR count). The number of halogens is 2. The largest absolute Gasteiger partial charge is 0.465 e. The highest BCUT2D eigenvalue weighted by Gasteiger charge is 2.46. The van der Waals surface area contributed by atoms with Gasteiger partial charge in [-0.25, -0.2) is 4.39 Å². The molecule has 0 aromatic heterocycles. The molecule has 0 aliphatic heterocycles. The van der Waals surface area contributed by atoms with E-state index in [1.807, 2.05) is 0 Å². The Hall–Kier alpha value is -1.95. The van der Waals surface area contributed by atoms with E-state index in [9.17, 15) is 18.8 Å². The molecule has 0 atom stereocenters. The Labute approximate surface area is 145 Å².